The summed E-state index contributed by atoms with van der Waals surface area (Å²) >= 11 is 0. The quantitative estimate of drug-likeness (QED) is 0.412. The SMILES string of the molecule is Cc1ccc(NC(=O)c2cc(C(F)(F)F)ccn2)cc1-n1cc(-c2cncc(N3CCN(C)CC3)c2)cn1. The van der Waals surface area contributed by atoms with Gasteiger partial charge in [0, 0.05) is 61.6 Å². The maximum Gasteiger partial charge on any atom is 0.416 e. The largest absolute Gasteiger partial charge is 0.416 e. The number of carbonyl (C=O) groups is 1. The van der Waals surface area contributed by atoms with E-state index in [-0.39, 0.29) is 5.69 Å². The number of likely N-dealkylation sites (N-methyl/N-ethyl adjacent to an activating group) is 1. The zero-order valence-electron chi connectivity index (χ0n) is 20.9. The lowest BCUT2D eigenvalue weighted by atomic mass is 10.1. The number of aryl methyl sites for hydroxylation is 1. The lowest BCUT2D eigenvalue weighted by Crippen LogP contribution is -2.44. The molecule has 196 valence electrons. The summed E-state index contributed by atoms with van der Waals surface area (Å²) in [4.78, 5) is 25.5. The zero-order valence-corrected chi connectivity index (χ0v) is 20.9. The van der Waals surface area contributed by atoms with Crippen molar-refractivity contribution in [1.29, 1.82) is 0 Å². The van der Waals surface area contributed by atoms with E-state index in [0.717, 1.165) is 66.9 Å². The van der Waals surface area contributed by atoms with Crippen LogP contribution in [0, 0.1) is 6.92 Å². The van der Waals surface area contributed by atoms with Crippen molar-refractivity contribution in [3.63, 3.8) is 0 Å². The third-order valence-electron chi connectivity index (χ3n) is 6.54. The van der Waals surface area contributed by atoms with E-state index >= 15 is 0 Å². The minimum Gasteiger partial charge on any atom is -0.368 e. The first kappa shape index (κ1) is 25.4. The molecular weight excluding hydrogens is 495 g/mol. The fourth-order valence-corrected chi connectivity index (χ4v) is 4.29. The number of alkyl halides is 3. The standard InChI is InChI=1S/C27H26F3N7O/c1-18-3-4-22(34-26(38)24-12-21(5-6-32-24)27(28,29)30)13-25(18)37-17-20(15-33-37)19-11-23(16-31-14-19)36-9-7-35(2)8-10-36/h3-6,11-17H,7-10H2,1-2H3,(H,34,38). The van der Waals surface area contributed by atoms with Gasteiger partial charge in [0.05, 0.1) is 29.3 Å². The Morgan fingerprint density at radius 2 is 1.76 bits per heavy atom. The molecule has 1 aromatic carbocycles. The molecule has 1 fully saturated rings. The maximum absolute atomic E-state index is 13.0. The molecule has 0 unspecified atom stereocenters. The second kappa shape index (κ2) is 10.3. The van der Waals surface area contributed by atoms with Crippen LogP contribution in [0.2, 0.25) is 0 Å². The maximum atomic E-state index is 13.0. The number of aromatic nitrogens is 4. The number of hydrogen-bond acceptors (Lipinski definition) is 6. The molecule has 1 aliphatic heterocycles. The van der Waals surface area contributed by atoms with Gasteiger partial charge in [-0.3, -0.25) is 14.8 Å². The Hall–Kier alpha value is -4.25. The first-order valence-electron chi connectivity index (χ1n) is 12.1. The van der Waals surface area contributed by atoms with E-state index in [0.29, 0.717) is 11.4 Å². The molecule has 0 saturated carbocycles. The Kier molecular flexibility index (Phi) is 6.85. The van der Waals surface area contributed by atoms with Gasteiger partial charge in [0.1, 0.15) is 5.69 Å². The van der Waals surface area contributed by atoms with E-state index in [1.54, 1.807) is 35.3 Å². The highest BCUT2D eigenvalue weighted by atomic mass is 19.4. The Bertz CT molecular complexity index is 1460. The summed E-state index contributed by atoms with van der Waals surface area (Å²) in [6.45, 7) is 5.78. The monoisotopic (exact) mass is 521 g/mol. The molecule has 8 nitrogen and oxygen atoms in total. The molecule has 1 amide bonds. The van der Waals surface area contributed by atoms with E-state index in [4.69, 9.17) is 0 Å². The van der Waals surface area contributed by atoms with Crippen LogP contribution in [-0.2, 0) is 6.18 Å². The van der Waals surface area contributed by atoms with Crippen molar-refractivity contribution in [1.82, 2.24) is 24.6 Å². The van der Waals surface area contributed by atoms with Crippen LogP contribution in [-0.4, -0.2) is 63.8 Å². The van der Waals surface area contributed by atoms with Crippen molar-refractivity contribution in [3.05, 3.63) is 84.2 Å². The molecule has 0 atom stereocenters. The number of halogens is 3. The lowest BCUT2D eigenvalue weighted by Gasteiger charge is -2.33. The fourth-order valence-electron chi connectivity index (χ4n) is 4.29. The number of amides is 1. The highest BCUT2D eigenvalue weighted by Crippen LogP contribution is 2.30. The summed E-state index contributed by atoms with van der Waals surface area (Å²) in [6.07, 6.45) is 3.71. The van der Waals surface area contributed by atoms with Crippen LogP contribution in [0.5, 0.6) is 0 Å². The highest BCUT2D eigenvalue weighted by molar-refractivity contribution is 6.03. The van der Waals surface area contributed by atoms with Gasteiger partial charge in [-0.1, -0.05) is 6.07 Å². The number of anilines is 2. The average Bonchev–Trinajstić information content (AvgIpc) is 3.40. The van der Waals surface area contributed by atoms with E-state index in [2.05, 4.69) is 43.3 Å². The van der Waals surface area contributed by atoms with Gasteiger partial charge in [-0.15, -0.1) is 0 Å². The van der Waals surface area contributed by atoms with E-state index < -0.39 is 17.6 Å². The summed E-state index contributed by atoms with van der Waals surface area (Å²) < 4.78 is 40.8. The average molecular weight is 522 g/mol. The lowest BCUT2D eigenvalue weighted by molar-refractivity contribution is -0.137. The van der Waals surface area contributed by atoms with Crippen molar-refractivity contribution in [2.45, 2.75) is 13.1 Å². The zero-order chi connectivity index (χ0) is 26.9. The molecule has 3 aromatic heterocycles. The molecule has 0 bridgehead atoms. The highest BCUT2D eigenvalue weighted by Gasteiger charge is 2.31. The van der Waals surface area contributed by atoms with Crippen molar-refractivity contribution in [2.75, 3.05) is 43.4 Å². The van der Waals surface area contributed by atoms with Crippen LogP contribution in [0.25, 0.3) is 16.8 Å². The van der Waals surface area contributed by atoms with E-state index in [1.807, 2.05) is 19.3 Å². The van der Waals surface area contributed by atoms with Gasteiger partial charge in [0.15, 0.2) is 0 Å². The van der Waals surface area contributed by atoms with Crippen LogP contribution < -0.4 is 10.2 Å². The Labute approximate surface area is 217 Å². The van der Waals surface area contributed by atoms with Crippen molar-refractivity contribution in [3.8, 4) is 16.8 Å². The topological polar surface area (TPSA) is 79.2 Å². The third kappa shape index (κ3) is 5.52. The van der Waals surface area contributed by atoms with Gasteiger partial charge < -0.3 is 15.1 Å². The summed E-state index contributed by atoms with van der Waals surface area (Å²) in [5.41, 5.74) is 3.65. The normalized spacial score (nSPS) is 14.5. The number of piperazine rings is 1. The van der Waals surface area contributed by atoms with E-state index in [9.17, 15) is 18.0 Å². The van der Waals surface area contributed by atoms with Crippen LogP contribution in [0.4, 0.5) is 24.5 Å². The number of rotatable bonds is 5. The van der Waals surface area contributed by atoms with Crippen LogP contribution in [0.3, 0.4) is 0 Å². The Morgan fingerprint density at radius 1 is 0.974 bits per heavy atom. The van der Waals surface area contributed by atoms with Gasteiger partial charge in [-0.25, -0.2) is 4.68 Å². The van der Waals surface area contributed by atoms with Crippen molar-refractivity contribution in [2.24, 2.45) is 0 Å². The molecule has 4 aromatic rings. The summed E-state index contributed by atoms with van der Waals surface area (Å²) in [6, 6.07) is 8.86. The molecule has 4 heterocycles. The summed E-state index contributed by atoms with van der Waals surface area (Å²) in [5.74, 6) is -0.737. The molecular formula is C27H26F3N7O. The van der Waals surface area contributed by atoms with Gasteiger partial charge in [0.25, 0.3) is 5.91 Å². The number of pyridine rings is 2. The van der Waals surface area contributed by atoms with Crippen LogP contribution in [0.15, 0.2) is 67.4 Å². The number of nitrogens with zero attached hydrogens (tertiary/aromatic N) is 6. The molecule has 11 heteroatoms. The smallest absolute Gasteiger partial charge is 0.368 e. The molecule has 0 aliphatic carbocycles. The third-order valence-corrected chi connectivity index (χ3v) is 6.54. The predicted molar refractivity (Wildman–Crippen MR) is 138 cm³/mol. The van der Waals surface area contributed by atoms with Crippen LogP contribution >= 0.6 is 0 Å². The minimum absolute atomic E-state index is 0.323. The van der Waals surface area contributed by atoms with Crippen molar-refractivity contribution < 1.29 is 18.0 Å². The number of carbonyl (C=O) groups excluding carboxylic acids is 1. The first-order valence-corrected chi connectivity index (χ1v) is 12.1. The van der Waals surface area contributed by atoms with E-state index in [1.165, 1.54) is 0 Å². The summed E-state index contributed by atoms with van der Waals surface area (Å²) in [5, 5.41) is 7.14. The first-order chi connectivity index (χ1) is 18.2. The second-order valence-corrected chi connectivity index (χ2v) is 9.28. The van der Waals surface area contributed by atoms with Gasteiger partial charge >= 0.3 is 6.18 Å². The fraction of sp³-hybridized carbons (Fsp3) is 0.259. The molecule has 1 N–H and O–H groups in total. The number of nitrogens with one attached hydrogen (secondary N) is 1. The van der Waals surface area contributed by atoms with Gasteiger partial charge in [0.2, 0.25) is 0 Å². The minimum atomic E-state index is -4.56. The second-order valence-electron chi connectivity index (χ2n) is 9.28. The molecule has 38 heavy (non-hydrogen) atoms. The Morgan fingerprint density at radius 3 is 2.53 bits per heavy atom. The van der Waals surface area contributed by atoms with Crippen LogP contribution in [0.1, 0.15) is 21.6 Å². The predicted octanol–water partition coefficient (Wildman–Crippen LogP) is 4.66. The van der Waals surface area contributed by atoms with Gasteiger partial charge in [-0.2, -0.15) is 18.3 Å². The molecule has 0 radical (unpaired) electrons. The van der Waals surface area contributed by atoms with Gasteiger partial charge in [-0.05, 0) is 49.9 Å². The number of benzene rings is 1. The summed E-state index contributed by atoms with van der Waals surface area (Å²) in [7, 11) is 2.12. The Balaban J connectivity index is 1.36. The molecule has 1 saturated heterocycles. The van der Waals surface area contributed by atoms with Crippen molar-refractivity contribution >= 4 is 17.3 Å². The molecule has 5 rings (SSSR count). The number of hydrogen-bond donors (Lipinski definition) is 1. The molecule has 1 aliphatic rings. The molecule has 0 spiro atoms.